The van der Waals surface area contributed by atoms with E-state index in [4.69, 9.17) is 4.43 Å². The fraction of sp³-hybridized carbons (Fsp3) is 0.333. The third-order valence-electron chi connectivity index (χ3n) is 3.10. The molecule has 0 aliphatic heterocycles. The third kappa shape index (κ3) is 3.57. The molecule has 20 heavy (non-hydrogen) atoms. The van der Waals surface area contributed by atoms with Crippen molar-refractivity contribution >= 4 is 15.3 Å². The Balaban J connectivity index is 2.09. The van der Waals surface area contributed by atoms with Crippen LogP contribution in [0.3, 0.4) is 0 Å². The molecule has 0 aliphatic carbocycles. The maximum absolute atomic E-state index is 5.92. The average Bonchev–Trinajstić information content (AvgIpc) is 2.72. The van der Waals surface area contributed by atoms with Crippen molar-refractivity contribution in [2.75, 3.05) is 0 Å². The molecular formula is C15H21N3OSi. The molecule has 0 unspecified atom stereocenters. The first-order valence-corrected chi connectivity index (χ1v) is 9.59. The maximum Gasteiger partial charge on any atom is 0.229 e. The summed E-state index contributed by atoms with van der Waals surface area (Å²) < 4.78 is 7.77. The molecule has 106 valence electrons. The van der Waals surface area contributed by atoms with Crippen LogP contribution < -0.4 is 4.43 Å². The number of hydrogen-bond acceptors (Lipinski definition) is 3. The number of nitrogens with zero attached hydrogens (tertiary/aromatic N) is 3. The number of para-hydroxylation sites is 1. The first-order chi connectivity index (χ1) is 9.58. The number of hydrogen-bond donors (Lipinski definition) is 0. The van der Waals surface area contributed by atoms with Gasteiger partial charge in [-0.25, -0.2) is 0 Å². The predicted molar refractivity (Wildman–Crippen MR) is 85.2 cm³/mol. The van der Waals surface area contributed by atoms with E-state index in [9.17, 15) is 0 Å². The van der Waals surface area contributed by atoms with E-state index in [1.54, 1.807) is 0 Å². The Hall–Kier alpha value is -1.88. The standard InChI is InChI=1S/C15H21N3OSi/c1-12-14(11-17-18(12)2)10-16-9-13-7-5-6-8-15(13)19-20(3)4/h5-8,10-11,20H,9H2,1-4H3. The lowest BCUT2D eigenvalue weighted by Crippen LogP contribution is -2.12. The average molecular weight is 287 g/mol. The van der Waals surface area contributed by atoms with Crippen LogP contribution in [0.4, 0.5) is 0 Å². The van der Waals surface area contributed by atoms with Gasteiger partial charge in [0.1, 0.15) is 5.75 Å². The molecule has 4 nitrogen and oxygen atoms in total. The zero-order valence-electron chi connectivity index (χ0n) is 12.5. The quantitative estimate of drug-likeness (QED) is 0.626. The first kappa shape index (κ1) is 14.5. The molecule has 5 heteroatoms. The zero-order valence-corrected chi connectivity index (χ0v) is 13.7. The summed E-state index contributed by atoms with van der Waals surface area (Å²) >= 11 is 0. The number of aromatic nitrogens is 2. The maximum atomic E-state index is 5.92. The van der Waals surface area contributed by atoms with Gasteiger partial charge in [0.2, 0.25) is 9.04 Å². The summed E-state index contributed by atoms with van der Waals surface area (Å²) in [5.74, 6) is 0.967. The molecule has 0 aliphatic rings. The molecule has 0 fully saturated rings. The van der Waals surface area contributed by atoms with E-state index in [1.807, 2.05) is 49.3 Å². The number of rotatable bonds is 5. The summed E-state index contributed by atoms with van der Waals surface area (Å²) in [6, 6.07) is 8.12. The SMILES string of the molecule is Cc1c(C=NCc2ccccc2O[SiH](C)C)cnn1C. The van der Waals surface area contributed by atoms with Crippen molar-refractivity contribution in [3.8, 4) is 5.75 Å². The Morgan fingerprint density at radius 3 is 2.75 bits per heavy atom. The van der Waals surface area contributed by atoms with Crippen LogP contribution in [0.15, 0.2) is 35.5 Å². The summed E-state index contributed by atoms with van der Waals surface area (Å²) in [7, 11) is 0.845. The molecule has 1 aromatic carbocycles. The van der Waals surface area contributed by atoms with Gasteiger partial charge in [-0.05, 0) is 26.1 Å². The van der Waals surface area contributed by atoms with Crippen molar-refractivity contribution < 1.29 is 4.43 Å². The van der Waals surface area contributed by atoms with Crippen LogP contribution in [0.5, 0.6) is 5.75 Å². The van der Waals surface area contributed by atoms with Crippen molar-refractivity contribution in [3.05, 3.63) is 47.3 Å². The van der Waals surface area contributed by atoms with Gasteiger partial charge in [-0.15, -0.1) is 0 Å². The summed E-state index contributed by atoms with van der Waals surface area (Å²) in [6.07, 6.45) is 3.72. The van der Waals surface area contributed by atoms with Gasteiger partial charge in [-0.3, -0.25) is 9.67 Å². The van der Waals surface area contributed by atoms with Gasteiger partial charge in [0.25, 0.3) is 0 Å². The molecule has 0 saturated heterocycles. The molecule has 1 heterocycles. The van der Waals surface area contributed by atoms with Gasteiger partial charge in [0.15, 0.2) is 0 Å². The van der Waals surface area contributed by atoms with E-state index in [-0.39, 0.29) is 0 Å². The molecule has 0 amide bonds. The summed E-state index contributed by atoms with van der Waals surface area (Å²) in [6.45, 7) is 7.00. The zero-order chi connectivity index (χ0) is 14.5. The molecule has 0 radical (unpaired) electrons. The summed E-state index contributed by atoms with van der Waals surface area (Å²) in [5.41, 5.74) is 3.31. The molecule has 0 saturated carbocycles. The fourth-order valence-corrected chi connectivity index (χ4v) is 2.63. The van der Waals surface area contributed by atoms with E-state index < -0.39 is 9.04 Å². The minimum atomic E-state index is -1.09. The van der Waals surface area contributed by atoms with Gasteiger partial charge in [0.05, 0.1) is 12.7 Å². The van der Waals surface area contributed by atoms with Crippen LogP contribution >= 0.6 is 0 Å². The van der Waals surface area contributed by atoms with Gasteiger partial charge >= 0.3 is 0 Å². The highest BCUT2D eigenvalue weighted by molar-refractivity contribution is 6.49. The van der Waals surface area contributed by atoms with E-state index in [1.165, 1.54) is 0 Å². The fourth-order valence-electron chi connectivity index (χ4n) is 1.89. The third-order valence-corrected chi connectivity index (χ3v) is 3.83. The smallest absolute Gasteiger partial charge is 0.229 e. The van der Waals surface area contributed by atoms with E-state index in [0.717, 1.165) is 22.6 Å². The van der Waals surface area contributed by atoms with E-state index in [2.05, 4.69) is 29.3 Å². The van der Waals surface area contributed by atoms with Crippen LogP contribution in [0, 0.1) is 6.92 Å². The molecule has 0 N–H and O–H groups in total. The lowest BCUT2D eigenvalue weighted by molar-refractivity contribution is 0.572. The second kappa shape index (κ2) is 6.52. The lowest BCUT2D eigenvalue weighted by Gasteiger charge is -2.12. The summed E-state index contributed by atoms with van der Waals surface area (Å²) in [5, 5.41) is 4.21. The van der Waals surface area contributed by atoms with E-state index in [0.29, 0.717) is 6.54 Å². The highest BCUT2D eigenvalue weighted by Crippen LogP contribution is 2.19. The van der Waals surface area contributed by atoms with Crippen molar-refractivity contribution in [2.24, 2.45) is 12.0 Å². The normalized spacial score (nSPS) is 11.4. The highest BCUT2D eigenvalue weighted by Gasteiger charge is 2.05. The van der Waals surface area contributed by atoms with Crippen molar-refractivity contribution in [3.63, 3.8) is 0 Å². The first-order valence-electron chi connectivity index (χ1n) is 6.81. The van der Waals surface area contributed by atoms with Crippen LogP contribution in [-0.4, -0.2) is 25.0 Å². The van der Waals surface area contributed by atoms with E-state index >= 15 is 0 Å². The number of aliphatic imine (C=N–C) groups is 1. The van der Waals surface area contributed by atoms with Crippen LogP contribution in [0.25, 0.3) is 0 Å². The topological polar surface area (TPSA) is 39.4 Å². The Labute approximate surface area is 121 Å². The van der Waals surface area contributed by atoms with Gasteiger partial charge < -0.3 is 4.43 Å². The van der Waals surface area contributed by atoms with Gasteiger partial charge in [-0.1, -0.05) is 18.2 Å². The highest BCUT2D eigenvalue weighted by atomic mass is 28.3. The van der Waals surface area contributed by atoms with Crippen LogP contribution in [-0.2, 0) is 13.6 Å². The Morgan fingerprint density at radius 2 is 2.10 bits per heavy atom. The number of benzene rings is 1. The predicted octanol–water partition coefficient (Wildman–Crippen LogP) is 2.71. The Morgan fingerprint density at radius 1 is 1.35 bits per heavy atom. The van der Waals surface area contributed by atoms with Crippen molar-refractivity contribution in [2.45, 2.75) is 26.6 Å². The second-order valence-corrected chi connectivity index (χ2v) is 7.39. The lowest BCUT2D eigenvalue weighted by atomic mass is 10.2. The Bertz CT molecular complexity index is 605. The largest absolute Gasteiger partial charge is 0.547 e. The minimum absolute atomic E-state index is 0.631. The molecular weight excluding hydrogens is 266 g/mol. The molecule has 0 spiro atoms. The van der Waals surface area contributed by atoms with Gasteiger partial charge in [0, 0.05) is 30.1 Å². The van der Waals surface area contributed by atoms with Gasteiger partial charge in [-0.2, -0.15) is 5.10 Å². The molecule has 0 atom stereocenters. The molecule has 1 aromatic heterocycles. The minimum Gasteiger partial charge on any atom is -0.547 e. The molecule has 2 rings (SSSR count). The Kier molecular flexibility index (Phi) is 4.73. The van der Waals surface area contributed by atoms with Crippen molar-refractivity contribution in [1.82, 2.24) is 9.78 Å². The summed E-state index contributed by atoms with van der Waals surface area (Å²) in [4.78, 5) is 4.51. The monoisotopic (exact) mass is 287 g/mol. The molecule has 2 aromatic rings. The van der Waals surface area contributed by atoms with Crippen LogP contribution in [0.2, 0.25) is 13.1 Å². The van der Waals surface area contributed by atoms with Crippen molar-refractivity contribution in [1.29, 1.82) is 0 Å². The molecule has 0 bridgehead atoms. The second-order valence-electron chi connectivity index (χ2n) is 5.05. The van der Waals surface area contributed by atoms with Crippen LogP contribution in [0.1, 0.15) is 16.8 Å². The number of aryl methyl sites for hydroxylation is 1.